The lowest BCUT2D eigenvalue weighted by Gasteiger charge is -2.19. The molecule has 0 aromatic heterocycles. The summed E-state index contributed by atoms with van der Waals surface area (Å²) in [5.41, 5.74) is 6.86. The first kappa shape index (κ1) is 10.1. The Morgan fingerprint density at radius 3 is 2.38 bits per heavy atom. The van der Waals surface area contributed by atoms with Crippen molar-refractivity contribution in [2.75, 3.05) is 0 Å². The van der Waals surface area contributed by atoms with Crippen LogP contribution in [0, 0.1) is 6.92 Å². The normalized spacial score (nSPS) is 15.1. The Labute approximate surface area is 79.7 Å². The molecule has 0 heterocycles. The first-order valence-corrected chi connectivity index (χ1v) is 4.59. The zero-order chi connectivity index (χ0) is 9.84. The van der Waals surface area contributed by atoms with Gasteiger partial charge >= 0.3 is 0 Å². The maximum atomic E-state index is 5.71. The number of hydrogen-bond acceptors (Lipinski definition) is 2. The van der Waals surface area contributed by atoms with Crippen LogP contribution in [0.5, 0.6) is 5.75 Å². The Morgan fingerprint density at radius 2 is 1.85 bits per heavy atom. The monoisotopic (exact) mass is 179 g/mol. The molecular formula is C11H17NO. The fraction of sp³-hybridized carbons (Fsp3) is 0.455. The van der Waals surface area contributed by atoms with Gasteiger partial charge in [-0.1, -0.05) is 18.2 Å². The number of aryl methyl sites for hydroxylation is 1. The van der Waals surface area contributed by atoms with E-state index in [1.807, 2.05) is 45.0 Å². The summed E-state index contributed by atoms with van der Waals surface area (Å²) in [5, 5.41) is 0. The highest BCUT2D eigenvalue weighted by molar-refractivity contribution is 5.31. The van der Waals surface area contributed by atoms with Crippen molar-refractivity contribution < 1.29 is 4.74 Å². The molecule has 1 aromatic carbocycles. The van der Waals surface area contributed by atoms with Crippen molar-refractivity contribution in [3.63, 3.8) is 0 Å². The summed E-state index contributed by atoms with van der Waals surface area (Å²) >= 11 is 0. The predicted molar refractivity (Wildman–Crippen MR) is 54.9 cm³/mol. The first-order valence-electron chi connectivity index (χ1n) is 4.59. The molecular weight excluding hydrogens is 162 g/mol. The SMILES string of the molecule is Cc1ccccc1OC(C)C(C)N. The second-order valence-electron chi connectivity index (χ2n) is 3.45. The average Bonchev–Trinajstić information content (AvgIpc) is 2.08. The summed E-state index contributed by atoms with van der Waals surface area (Å²) in [4.78, 5) is 0. The van der Waals surface area contributed by atoms with Gasteiger partial charge in [0.25, 0.3) is 0 Å². The van der Waals surface area contributed by atoms with Gasteiger partial charge in [0.2, 0.25) is 0 Å². The van der Waals surface area contributed by atoms with Gasteiger partial charge in [-0.15, -0.1) is 0 Å². The molecule has 1 aromatic rings. The zero-order valence-corrected chi connectivity index (χ0v) is 8.45. The molecule has 0 bridgehead atoms. The van der Waals surface area contributed by atoms with Gasteiger partial charge in [-0.25, -0.2) is 0 Å². The smallest absolute Gasteiger partial charge is 0.122 e. The van der Waals surface area contributed by atoms with Crippen molar-refractivity contribution in [3.05, 3.63) is 29.8 Å². The van der Waals surface area contributed by atoms with Crippen molar-refractivity contribution >= 4 is 0 Å². The lowest BCUT2D eigenvalue weighted by molar-refractivity contribution is 0.195. The van der Waals surface area contributed by atoms with Crippen molar-refractivity contribution in [2.45, 2.75) is 32.9 Å². The van der Waals surface area contributed by atoms with E-state index in [0.717, 1.165) is 11.3 Å². The summed E-state index contributed by atoms with van der Waals surface area (Å²) in [7, 11) is 0. The highest BCUT2D eigenvalue weighted by Gasteiger charge is 2.09. The van der Waals surface area contributed by atoms with Gasteiger partial charge in [0.1, 0.15) is 11.9 Å². The van der Waals surface area contributed by atoms with E-state index in [0.29, 0.717) is 0 Å². The molecule has 0 amide bonds. The summed E-state index contributed by atoms with van der Waals surface area (Å²) in [6.45, 7) is 5.96. The van der Waals surface area contributed by atoms with E-state index in [1.54, 1.807) is 0 Å². The van der Waals surface area contributed by atoms with Gasteiger partial charge in [-0.05, 0) is 32.4 Å². The minimum absolute atomic E-state index is 0.0552. The molecule has 13 heavy (non-hydrogen) atoms. The molecule has 0 aliphatic heterocycles. The van der Waals surface area contributed by atoms with E-state index in [1.165, 1.54) is 0 Å². The van der Waals surface area contributed by atoms with Crippen LogP contribution in [-0.4, -0.2) is 12.1 Å². The molecule has 0 saturated carbocycles. The molecule has 2 heteroatoms. The van der Waals surface area contributed by atoms with Crippen molar-refractivity contribution in [1.82, 2.24) is 0 Å². The van der Waals surface area contributed by atoms with Crippen LogP contribution in [0.3, 0.4) is 0 Å². The molecule has 0 aliphatic carbocycles. The van der Waals surface area contributed by atoms with E-state index >= 15 is 0 Å². The van der Waals surface area contributed by atoms with Crippen LogP contribution < -0.4 is 10.5 Å². The van der Waals surface area contributed by atoms with Crippen molar-refractivity contribution in [2.24, 2.45) is 5.73 Å². The zero-order valence-electron chi connectivity index (χ0n) is 8.45. The van der Waals surface area contributed by atoms with Crippen LogP contribution in [0.15, 0.2) is 24.3 Å². The van der Waals surface area contributed by atoms with E-state index in [-0.39, 0.29) is 12.1 Å². The number of ether oxygens (including phenoxy) is 1. The van der Waals surface area contributed by atoms with Gasteiger partial charge in [0.15, 0.2) is 0 Å². The Kier molecular flexibility index (Phi) is 3.32. The Bertz CT molecular complexity index is 271. The molecule has 0 spiro atoms. The highest BCUT2D eigenvalue weighted by Crippen LogP contribution is 2.18. The minimum atomic E-state index is 0.0552. The van der Waals surface area contributed by atoms with Crippen LogP contribution in [-0.2, 0) is 0 Å². The third-order valence-electron chi connectivity index (χ3n) is 2.15. The van der Waals surface area contributed by atoms with Crippen molar-refractivity contribution in [1.29, 1.82) is 0 Å². The second kappa shape index (κ2) is 4.28. The van der Waals surface area contributed by atoms with Gasteiger partial charge in [-0.3, -0.25) is 0 Å². The topological polar surface area (TPSA) is 35.2 Å². The molecule has 1 rings (SSSR count). The summed E-state index contributed by atoms with van der Waals surface area (Å²) in [6.07, 6.45) is 0.0566. The third kappa shape index (κ3) is 2.74. The number of benzene rings is 1. The third-order valence-corrected chi connectivity index (χ3v) is 2.15. The fourth-order valence-corrected chi connectivity index (χ4v) is 0.996. The maximum absolute atomic E-state index is 5.71. The molecule has 2 nitrogen and oxygen atoms in total. The number of hydrogen-bond donors (Lipinski definition) is 1. The van der Waals surface area contributed by atoms with Gasteiger partial charge in [0, 0.05) is 6.04 Å². The van der Waals surface area contributed by atoms with E-state index in [4.69, 9.17) is 10.5 Å². The maximum Gasteiger partial charge on any atom is 0.122 e. The van der Waals surface area contributed by atoms with Crippen molar-refractivity contribution in [3.8, 4) is 5.75 Å². The molecule has 72 valence electrons. The lowest BCUT2D eigenvalue weighted by Crippen LogP contribution is -2.33. The first-order chi connectivity index (χ1) is 6.11. The summed E-state index contributed by atoms with van der Waals surface area (Å²) < 4.78 is 5.68. The second-order valence-corrected chi connectivity index (χ2v) is 3.45. The van der Waals surface area contributed by atoms with Crippen LogP contribution in [0.25, 0.3) is 0 Å². The van der Waals surface area contributed by atoms with Crippen LogP contribution >= 0.6 is 0 Å². The fourth-order valence-electron chi connectivity index (χ4n) is 0.996. The van der Waals surface area contributed by atoms with Gasteiger partial charge in [-0.2, -0.15) is 0 Å². The average molecular weight is 179 g/mol. The molecule has 0 aliphatic rings. The molecule has 2 N–H and O–H groups in total. The number of nitrogens with two attached hydrogens (primary N) is 1. The number of rotatable bonds is 3. The van der Waals surface area contributed by atoms with Gasteiger partial charge in [0.05, 0.1) is 0 Å². The highest BCUT2D eigenvalue weighted by atomic mass is 16.5. The van der Waals surface area contributed by atoms with E-state index in [9.17, 15) is 0 Å². The largest absolute Gasteiger partial charge is 0.489 e. The Morgan fingerprint density at radius 1 is 1.23 bits per heavy atom. The summed E-state index contributed by atoms with van der Waals surface area (Å²) in [5.74, 6) is 0.923. The molecule has 0 fully saturated rings. The quantitative estimate of drug-likeness (QED) is 0.771. The minimum Gasteiger partial charge on any atom is -0.489 e. The Balaban J connectivity index is 2.69. The van der Waals surface area contributed by atoms with Crippen LogP contribution in [0.2, 0.25) is 0 Å². The molecule has 0 radical (unpaired) electrons. The van der Waals surface area contributed by atoms with Crippen LogP contribution in [0.1, 0.15) is 19.4 Å². The van der Waals surface area contributed by atoms with E-state index in [2.05, 4.69) is 0 Å². The van der Waals surface area contributed by atoms with E-state index < -0.39 is 0 Å². The predicted octanol–water partition coefficient (Wildman–Crippen LogP) is 2.11. The molecule has 2 atom stereocenters. The van der Waals surface area contributed by atoms with Crippen LogP contribution in [0.4, 0.5) is 0 Å². The van der Waals surface area contributed by atoms with Gasteiger partial charge < -0.3 is 10.5 Å². The summed E-state index contributed by atoms with van der Waals surface area (Å²) in [6, 6.07) is 8.02. The number of para-hydroxylation sites is 1. The molecule has 2 unspecified atom stereocenters. The lowest BCUT2D eigenvalue weighted by atomic mass is 10.2. The molecule has 0 saturated heterocycles. The standard InChI is InChI=1S/C11H17NO/c1-8-6-4-5-7-11(8)13-10(3)9(2)12/h4-7,9-10H,12H2,1-3H3. The Hall–Kier alpha value is -1.02.